The molecule has 5 aliphatic rings. The minimum absolute atomic E-state index is 0.0519. The number of morpholine rings is 1. The summed E-state index contributed by atoms with van der Waals surface area (Å²) in [5, 5.41) is 7.01. The summed E-state index contributed by atoms with van der Waals surface area (Å²) in [4.78, 5) is 16.2. The van der Waals surface area contributed by atoms with Crippen LogP contribution in [0, 0.1) is 0 Å². The summed E-state index contributed by atoms with van der Waals surface area (Å²) in [6.45, 7) is 4.00. The third-order valence-corrected chi connectivity index (χ3v) is 10.5. The van der Waals surface area contributed by atoms with E-state index in [1.807, 2.05) is 11.9 Å². The lowest BCUT2D eigenvalue weighted by Crippen LogP contribution is -2.67. The largest absolute Gasteiger partial charge is 0.379 e. The molecule has 0 radical (unpaired) electrons. The van der Waals surface area contributed by atoms with Crippen LogP contribution in [0.3, 0.4) is 0 Å². The number of aromatic nitrogens is 1. The molecule has 0 spiro atoms. The van der Waals surface area contributed by atoms with E-state index in [0.717, 1.165) is 57.9 Å². The van der Waals surface area contributed by atoms with Crippen molar-refractivity contribution in [2.45, 2.75) is 67.8 Å². The second-order valence-corrected chi connectivity index (χ2v) is 12.3. The summed E-state index contributed by atoms with van der Waals surface area (Å²) in [7, 11) is -1.34. The van der Waals surface area contributed by atoms with E-state index in [-0.39, 0.29) is 23.7 Å². The van der Waals surface area contributed by atoms with Gasteiger partial charge in [0.25, 0.3) is 5.91 Å². The zero-order valence-corrected chi connectivity index (χ0v) is 19.6. The van der Waals surface area contributed by atoms with Crippen LogP contribution in [0.5, 0.6) is 0 Å². The molecule has 1 aromatic rings. The van der Waals surface area contributed by atoms with Gasteiger partial charge in [-0.05, 0) is 58.5 Å². The van der Waals surface area contributed by atoms with Gasteiger partial charge >= 0.3 is 0 Å². The molecule has 1 N–H and O–H groups in total. The molecule has 9 nitrogen and oxygen atoms in total. The van der Waals surface area contributed by atoms with Crippen molar-refractivity contribution in [2.75, 3.05) is 45.6 Å². The molecule has 2 saturated carbocycles. The van der Waals surface area contributed by atoms with Crippen LogP contribution < -0.4 is 5.32 Å². The molecular formula is C22H34N4O5S. The van der Waals surface area contributed by atoms with Gasteiger partial charge in [-0.2, -0.15) is 0 Å². The van der Waals surface area contributed by atoms with Gasteiger partial charge in [0.05, 0.1) is 19.0 Å². The maximum Gasteiger partial charge on any atom is 0.273 e. The van der Waals surface area contributed by atoms with Crippen molar-refractivity contribution < 1.29 is 22.5 Å². The van der Waals surface area contributed by atoms with Crippen molar-refractivity contribution >= 4 is 15.7 Å². The van der Waals surface area contributed by atoms with Gasteiger partial charge in [0.2, 0.25) is 0 Å². The first-order valence-corrected chi connectivity index (χ1v) is 13.6. The molecule has 3 aliphatic heterocycles. The number of ether oxygens (including phenoxy) is 1. The third-order valence-electron chi connectivity index (χ3n) is 7.83. The van der Waals surface area contributed by atoms with E-state index in [1.54, 1.807) is 6.07 Å². The summed E-state index contributed by atoms with van der Waals surface area (Å²) >= 11 is 0. The molecule has 10 heteroatoms. The fourth-order valence-electron chi connectivity index (χ4n) is 5.58. The predicted molar refractivity (Wildman–Crippen MR) is 118 cm³/mol. The fourth-order valence-corrected chi connectivity index (χ4v) is 7.93. The Bertz CT molecular complexity index is 940. The molecule has 32 heavy (non-hydrogen) atoms. The van der Waals surface area contributed by atoms with E-state index in [1.165, 1.54) is 0 Å². The lowest BCUT2D eigenvalue weighted by molar-refractivity contribution is 0.0126. The Hall–Kier alpha value is -1.49. The molecule has 1 aromatic heterocycles. The molecule has 3 atom stereocenters. The number of hydrogen-bond donors (Lipinski definition) is 1. The topological polar surface area (TPSA) is 105 Å². The molecular weight excluding hydrogens is 432 g/mol. The number of fused-ring (bicyclic) bond motifs is 3. The SMILES string of the molecule is CN1C2CC(NC(=O)c3cc(C4CC4)on3)CCC1(S(=O)(=O)CCCN1CCOCC1)C2. The molecule has 1 amide bonds. The number of amides is 1. The minimum Gasteiger partial charge on any atom is -0.379 e. The Morgan fingerprint density at radius 3 is 2.78 bits per heavy atom. The first-order valence-electron chi connectivity index (χ1n) is 11.9. The van der Waals surface area contributed by atoms with Crippen LogP contribution in [0.25, 0.3) is 0 Å². The van der Waals surface area contributed by atoms with Crippen molar-refractivity contribution in [3.63, 3.8) is 0 Å². The molecule has 3 saturated heterocycles. The van der Waals surface area contributed by atoms with Crippen molar-refractivity contribution in [3.8, 4) is 0 Å². The average Bonchev–Trinajstić information content (AvgIpc) is 3.56. The maximum atomic E-state index is 13.4. The van der Waals surface area contributed by atoms with Crippen LogP contribution in [0.1, 0.15) is 67.1 Å². The van der Waals surface area contributed by atoms with E-state index in [2.05, 4.69) is 15.4 Å². The van der Waals surface area contributed by atoms with E-state index in [0.29, 0.717) is 37.3 Å². The van der Waals surface area contributed by atoms with Gasteiger partial charge in [-0.3, -0.25) is 14.6 Å². The number of carbonyl (C=O) groups is 1. The third kappa shape index (κ3) is 4.22. The molecule has 3 unspecified atom stereocenters. The zero-order valence-electron chi connectivity index (χ0n) is 18.8. The van der Waals surface area contributed by atoms with Gasteiger partial charge in [-0.15, -0.1) is 0 Å². The number of hydrogen-bond acceptors (Lipinski definition) is 8. The van der Waals surface area contributed by atoms with Gasteiger partial charge in [0.15, 0.2) is 15.5 Å². The molecule has 2 aliphatic carbocycles. The molecule has 2 bridgehead atoms. The number of nitrogens with zero attached hydrogens (tertiary/aromatic N) is 3. The number of nitrogens with one attached hydrogen (secondary N) is 1. The molecule has 4 heterocycles. The van der Waals surface area contributed by atoms with Gasteiger partial charge in [-0.25, -0.2) is 8.42 Å². The van der Waals surface area contributed by atoms with Crippen LogP contribution in [0.2, 0.25) is 0 Å². The Kier molecular flexibility index (Phi) is 6.06. The number of rotatable bonds is 8. The average molecular weight is 467 g/mol. The van der Waals surface area contributed by atoms with E-state index < -0.39 is 14.7 Å². The van der Waals surface area contributed by atoms with Crippen LogP contribution in [-0.2, 0) is 14.6 Å². The van der Waals surface area contributed by atoms with Gasteiger partial charge in [0, 0.05) is 37.2 Å². The van der Waals surface area contributed by atoms with E-state index in [9.17, 15) is 13.2 Å². The zero-order chi connectivity index (χ0) is 22.3. The van der Waals surface area contributed by atoms with Crippen molar-refractivity contribution in [1.82, 2.24) is 20.3 Å². The summed E-state index contributed by atoms with van der Waals surface area (Å²) < 4.78 is 37.4. The van der Waals surface area contributed by atoms with Crippen molar-refractivity contribution in [2.24, 2.45) is 0 Å². The Morgan fingerprint density at radius 1 is 1.28 bits per heavy atom. The molecule has 6 rings (SSSR count). The van der Waals surface area contributed by atoms with Crippen molar-refractivity contribution in [3.05, 3.63) is 17.5 Å². The number of carbonyl (C=O) groups excluding carboxylic acids is 1. The highest BCUT2D eigenvalue weighted by molar-refractivity contribution is 7.92. The van der Waals surface area contributed by atoms with Crippen LogP contribution in [-0.4, -0.2) is 91.9 Å². The Balaban J connectivity index is 1.17. The van der Waals surface area contributed by atoms with Crippen LogP contribution in [0.4, 0.5) is 0 Å². The smallest absolute Gasteiger partial charge is 0.273 e. The highest BCUT2D eigenvalue weighted by atomic mass is 32.2. The summed E-state index contributed by atoms with van der Waals surface area (Å²) in [5.41, 5.74) is 0.322. The first-order chi connectivity index (χ1) is 15.4. The Labute approximate surface area is 189 Å². The highest BCUT2D eigenvalue weighted by Crippen LogP contribution is 2.48. The van der Waals surface area contributed by atoms with Crippen LogP contribution in [0.15, 0.2) is 10.6 Å². The van der Waals surface area contributed by atoms with E-state index >= 15 is 0 Å². The van der Waals surface area contributed by atoms with Gasteiger partial charge in [0.1, 0.15) is 10.6 Å². The minimum atomic E-state index is -3.27. The van der Waals surface area contributed by atoms with E-state index in [4.69, 9.17) is 9.26 Å². The Morgan fingerprint density at radius 2 is 2.06 bits per heavy atom. The second kappa shape index (κ2) is 8.70. The summed E-state index contributed by atoms with van der Waals surface area (Å²) in [6.07, 6.45) is 5.47. The normalized spacial score (nSPS) is 31.7. The maximum absolute atomic E-state index is 13.4. The highest BCUT2D eigenvalue weighted by Gasteiger charge is 2.59. The lowest BCUT2D eigenvalue weighted by atomic mass is 9.91. The molecule has 178 valence electrons. The predicted octanol–water partition coefficient (Wildman–Crippen LogP) is 1.37. The quantitative estimate of drug-likeness (QED) is 0.613. The van der Waals surface area contributed by atoms with Gasteiger partial charge < -0.3 is 14.6 Å². The van der Waals surface area contributed by atoms with Crippen LogP contribution >= 0.6 is 0 Å². The van der Waals surface area contributed by atoms with Crippen molar-refractivity contribution in [1.29, 1.82) is 0 Å². The summed E-state index contributed by atoms with van der Waals surface area (Å²) in [6, 6.07) is 1.87. The number of sulfone groups is 1. The summed E-state index contributed by atoms with van der Waals surface area (Å²) in [5.74, 6) is 1.19. The fraction of sp³-hybridized carbons (Fsp3) is 0.818. The first kappa shape index (κ1) is 22.3. The lowest BCUT2D eigenvalue weighted by Gasteiger charge is -2.54. The standard InChI is InChI=1S/C22H34N4O5S/c1-25-18-13-17(23-21(27)19-14-20(31-24-19)16-3-4-16)5-6-22(25,15-18)32(28,29)12-2-7-26-8-10-30-11-9-26/h14,16-18H,2-13,15H2,1H3,(H,23,27). The van der Waals surface area contributed by atoms with Gasteiger partial charge in [-0.1, -0.05) is 5.16 Å². The second-order valence-electron chi connectivity index (χ2n) is 9.88. The monoisotopic (exact) mass is 466 g/mol. The molecule has 5 fully saturated rings. The molecule has 0 aromatic carbocycles.